The van der Waals surface area contributed by atoms with Crippen LogP contribution in [0.4, 0.5) is 14.5 Å². The van der Waals surface area contributed by atoms with E-state index < -0.39 is 11.6 Å². The SMILES string of the molecule is COc1ccc([C@@H]2CCCCCN2CC(=O)Nc2ccc(F)cc2F)cc1. The van der Waals surface area contributed by atoms with E-state index in [9.17, 15) is 13.6 Å². The van der Waals surface area contributed by atoms with Crippen LogP contribution in [-0.4, -0.2) is 31.0 Å². The zero-order valence-electron chi connectivity index (χ0n) is 15.4. The zero-order chi connectivity index (χ0) is 19.2. The lowest BCUT2D eigenvalue weighted by Crippen LogP contribution is -2.36. The van der Waals surface area contributed by atoms with Crippen molar-refractivity contribution >= 4 is 11.6 Å². The number of anilines is 1. The molecule has 0 radical (unpaired) electrons. The van der Waals surface area contributed by atoms with E-state index in [1.807, 2.05) is 24.3 Å². The summed E-state index contributed by atoms with van der Waals surface area (Å²) < 4.78 is 32.0. The molecular formula is C21H24F2N2O2. The number of carbonyl (C=O) groups is 1. The van der Waals surface area contributed by atoms with Crippen molar-refractivity contribution in [3.8, 4) is 5.75 Å². The molecule has 1 aliphatic rings. The molecule has 0 aliphatic carbocycles. The van der Waals surface area contributed by atoms with Crippen molar-refractivity contribution in [3.05, 3.63) is 59.7 Å². The lowest BCUT2D eigenvalue weighted by molar-refractivity contribution is -0.117. The predicted octanol–water partition coefficient (Wildman–Crippen LogP) is 4.53. The maximum Gasteiger partial charge on any atom is 0.238 e. The fraction of sp³-hybridized carbons (Fsp3) is 0.381. The van der Waals surface area contributed by atoms with Crippen molar-refractivity contribution in [2.75, 3.05) is 25.5 Å². The van der Waals surface area contributed by atoms with Gasteiger partial charge in [-0.15, -0.1) is 0 Å². The Morgan fingerprint density at radius 3 is 2.63 bits per heavy atom. The molecule has 1 amide bonds. The summed E-state index contributed by atoms with van der Waals surface area (Å²) in [5, 5.41) is 2.55. The Balaban J connectivity index is 1.71. The molecule has 0 spiro atoms. The number of amides is 1. The molecule has 0 saturated carbocycles. The van der Waals surface area contributed by atoms with Crippen LogP contribution in [-0.2, 0) is 4.79 Å². The van der Waals surface area contributed by atoms with Crippen molar-refractivity contribution < 1.29 is 18.3 Å². The Hall–Kier alpha value is -2.47. The van der Waals surface area contributed by atoms with Crippen molar-refractivity contribution in [1.29, 1.82) is 0 Å². The Labute approximate surface area is 158 Å². The average Bonchev–Trinajstić information content (AvgIpc) is 2.89. The molecule has 1 fully saturated rings. The molecule has 0 aromatic heterocycles. The minimum Gasteiger partial charge on any atom is -0.497 e. The van der Waals surface area contributed by atoms with Gasteiger partial charge in [0.25, 0.3) is 0 Å². The average molecular weight is 374 g/mol. The Kier molecular flexibility index (Phi) is 6.40. The van der Waals surface area contributed by atoms with Gasteiger partial charge in [0.05, 0.1) is 19.3 Å². The number of likely N-dealkylation sites (tertiary alicyclic amines) is 1. The molecule has 4 nitrogen and oxygen atoms in total. The maximum absolute atomic E-state index is 13.8. The number of nitrogens with zero attached hydrogens (tertiary/aromatic N) is 1. The minimum atomic E-state index is -0.772. The number of hydrogen-bond donors (Lipinski definition) is 1. The van der Waals surface area contributed by atoms with Gasteiger partial charge in [-0.2, -0.15) is 0 Å². The number of benzene rings is 2. The van der Waals surface area contributed by atoms with Crippen LogP contribution in [0.2, 0.25) is 0 Å². The molecule has 3 rings (SSSR count). The van der Waals surface area contributed by atoms with E-state index in [0.29, 0.717) is 0 Å². The van der Waals surface area contributed by atoms with E-state index in [-0.39, 0.29) is 24.2 Å². The first kappa shape index (κ1) is 19.3. The van der Waals surface area contributed by atoms with Crippen LogP contribution < -0.4 is 10.1 Å². The van der Waals surface area contributed by atoms with Crippen molar-refractivity contribution in [2.24, 2.45) is 0 Å². The monoisotopic (exact) mass is 374 g/mol. The summed E-state index contributed by atoms with van der Waals surface area (Å²) in [6.07, 6.45) is 4.20. The molecule has 0 bridgehead atoms. The summed E-state index contributed by atoms with van der Waals surface area (Å²) in [6, 6.07) is 11.2. The molecule has 1 saturated heterocycles. The highest BCUT2D eigenvalue weighted by molar-refractivity contribution is 5.92. The van der Waals surface area contributed by atoms with Crippen molar-refractivity contribution in [1.82, 2.24) is 4.90 Å². The van der Waals surface area contributed by atoms with Gasteiger partial charge in [-0.1, -0.05) is 25.0 Å². The summed E-state index contributed by atoms with van der Waals surface area (Å²) >= 11 is 0. The van der Waals surface area contributed by atoms with E-state index in [4.69, 9.17) is 4.74 Å². The molecule has 0 unspecified atom stereocenters. The number of carbonyl (C=O) groups excluding carboxylic acids is 1. The number of ether oxygens (including phenoxy) is 1. The second kappa shape index (κ2) is 8.95. The third-order valence-corrected chi connectivity index (χ3v) is 4.92. The molecular weight excluding hydrogens is 350 g/mol. The first-order valence-electron chi connectivity index (χ1n) is 9.19. The summed E-state index contributed by atoms with van der Waals surface area (Å²) in [4.78, 5) is 14.6. The molecule has 144 valence electrons. The molecule has 1 atom stereocenters. The lowest BCUT2D eigenvalue weighted by atomic mass is 10.0. The van der Waals surface area contributed by atoms with Gasteiger partial charge in [-0.3, -0.25) is 9.69 Å². The molecule has 1 heterocycles. The highest BCUT2D eigenvalue weighted by atomic mass is 19.1. The molecule has 1 aliphatic heterocycles. The van der Waals surface area contributed by atoms with E-state index in [2.05, 4.69) is 10.2 Å². The van der Waals surface area contributed by atoms with Gasteiger partial charge >= 0.3 is 0 Å². The fourth-order valence-corrected chi connectivity index (χ4v) is 3.53. The molecule has 6 heteroatoms. The Morgan fingerprint density at radius 1 is 1.15 bits per heavy atom. The van der Waals surface area contributed by atoms with Crippen LogP contribution in [0.5, 0.6) is 5.75 Å². The highest BCUT2D eigenvalue weighted by Gasteiger charge is 2.24. The number of rotatable bonds is 5. The summed E-state index contributed by atoms with van der Waals surface area (Å²) in [6.45, 7) is 0.962. The minimum absolute atomic E-state index is 0.00257. The van der Waals surface area contributed by atoms with Crippen LogP contribution in [0.25, 0.3) is 0 Å². The number of nitrogens with one attached hydrogen (secondary N) is 1. The summed E-state index contributed by atoms with van der Waals surface area (Å²) in [5.74, 6) is -0.951. The van der Waals surface area contributed by atoms with Gasteiger partial charge in [0.15, 0.2) is 0 Å². The normalized spacial score (nSPS) is 18.0. The molecule has 2 aromatic carbocycles. The van der Waals surface area contributed by atoms with Crippen LogP contribution in [0.1, 0.15) is 37.3 Å². The second-order valence-corrected chi connectivity index (χ2v) is 6.78. The number of methoxy groups -OCH3 is 1. The molecule has 1 N–H and O–H groups in total. The van der Waals surface area contributed by atoms with Gasteiger partial charge in [-0.05, 0) is 49.2 Å². The van der Waals surface area contributed by atoms with E-state index in [1.165, 1.54) is 6.07 Å². The highest BCUT2D eigenvalue weighted by Crippen LogP contribution is 2.31. The summed E-state index contributed by atoms with van der Waals surface area (Å²) in [5.41, 5.74) is 1.13. The number of hydrogen-bond acceptors (Lipinski definition) is 3. The van der Waals surface area contributed by atoms with Crippen LogP contribution >= 0.6 is 0 Å². The van der Waals surface area contributed by atoms with Gasteiger partial charge in [0, 0.05) is 12.1 Å². The Morgan fingerprint density at radius 2 is 1.93 bits per heavy atom. The van der Waals surface area contributed by atoms with Gasteiger partial charge in [-0.25, -0.2) is 8.78 Å². The van der Waals surface area contributed by atoms with Crippen LogP contribution in [0, 0.1) is 11.6 Å². The molecule has 2 aromatic rings. The standard InChI is InChI=1S/C21H24F2N2O2/c1-27-17-9-6-15(7-10-17)20-5-3-2-4-12-25(20)14-21(26)24-19-11-8-16(22)13-18(19)23/h6-11,13,20H,2-5,12,14H2,1H3,(H,24,26)/t20-/m0/s1. The zero-order valence-corrected chi connectivity index (χ0v) is 15.4. The predicted molar refractivity (Wildman–Crippen MR) is 101 cm³/mol. The summed E-state index contributed by atoms with van der Waals surface area (Å²) in [7, 11) is 1.63. The van der Waals surface area contributed by atoms with Crippen LogP contribution in [0.3, 0.4) is 0 Å². The fourth-order valence-electron chi connectivity index (χ4n) is 3.53. The second-order valence-electron chi connectivity index (χ2n) is 6.78. The number of halogens is 2. The van der Waals surface area contributed by atoms with E-state index >= 15 is 0 Å². The van der Waals surface area contributed by atoms with Gasteiger partial charge in [0.2, 0.25) is 5.91 Å². The molecule has 27 heavy (non-hydrogen) atoms. The van der Waals surface area contributed by atoms with E-state index in [0.717, 1.165) is 55.7 Å². The largest absolute Gasteiger partial charge is 0.497 e. The van der Waals surface area contributed by atoms with E-state index in [1.54, 1.807) is 7.11 Å². The lowest BCUT2D eigenvalue weighted by Gasteiger charge is -2.29. The topological polar surface area (TPSA) is 41.6 Å². The quantitative estimate of drug-likeness (QED) is 0.836. The first-order valence-corrected chi connectivity index (χ1v) is 9.19. The first-order chi connectivity index (χ1) is 13.1. The van der Waals surface area contributed by atoms with Crippen molar-refractivity contribution in [2.45, 2.75) is 31.7 Å². The Bertz CT molecular complexity index is 780. The van der Waals surface area contributed by atoms with Crippen LogP contribution in [0.15, 0.2) is 42.5 Å². The smallest absolute Gasteiger partial charge is 0.238 e. The maximum atomic E-state index is 13.8. The van der Waals surface area contributed by atoms with Crippen molar-refractivity contribution in [3.63, 3.8) is 0 Å². The third kappa shape index (κ3) is 5.04. The van der Waals surface area contributed by atoms with Gasteiger partial charge in [0.1, 0.15) is 17.4 Å². The van der Waals surface area contributed by atoms with Gasteiger partial charge < -0.3 is 10.1 Å². The third-order valence-electron chi connectivity index (χ3n) is 4.92.